The third-order valence-electron chi connectivity index (χ3n) is 2.21. The highest BCUT2D eigenvalue weighted by molar-refractivity contribution is 7.17. The summed E-state index contributed by atoms with van der Waals surface area (Å²) in [6, 6.07) is 10.5. The standard InChI is InChI=1S/C11H7NS/c1-2-4-11-9(3-1)8-5-6-12-10(8)7-13-11/h1-7H. The first-order valence-corrected chi connectivity index (χ1v) is 5.04. The van der Waals surface area contributed by atoms with E-state index in [-0.39, 0.29) is 0 Å². The maximum atomic E-state index is 4.28. The van der Waals surface area contributed by atoms with Crippen molar-refractivity contribution >= 4 is 21.4 Å². The van der Waals surface area contributed by atoms with Gasteiger partial charge in [-0.15, -0.1) is 11.3 Å². The summed E-state index contributed by atoms with van der Waals surface area (Å²) in [5, 5.41) is 3.42. The fraction of sp³-hybridized carbons (Fsp3) is 0. The van der Waals surface area contributed by atoms with Crippen LogP contribution in [0.2, 0.25) is 0 Å². The van der Waals surface area contributed by atoms with Crippen LogP contribution in [0.1, 0.15) is 0 Å². The molecule has 0 unspecified atom stereocenters. The molecule has 62 valence electrons. The van der Waals surface area contributed by atoms with Gasteiger partial charge in [0.05, 0.1) is 5.69 Å². The molecule has 0 N–H and O–H groups in total. The highest BCUT2D eigenvalue weighted by atomic mass is 32.1. The van der Waals surface area contributed by atoms with Gasteiger partial charge in [0.15, 0.2) is 0 Å². The Balaban J connectivity index is 2.57. The third-order valence-corrected chi connectivity index (χ3v) is 3.16. The molecular formula is C11H7NS. The Morgan fingerprint density at radius 3 is 3.00 bits per heavy atom. The average molecular weight is 185 g/mol. The predicted molar refractivity (Wildman–Crippen MR) is 56.2 cm³/mol. The summed E-state index contributed by atoms with van der Waals surface area (Å²) in [4.78, 5) is 4.28. The molecular weight excluding hydrogens is 178 g/mol. The van der Waals surface area contributed by atoms with Crippen LogP contribution in [0.25, 0.3) is 21.3 Å². The van der Waals surface area contributed by atoms with Gasteiger partial charge in [0.1, 0.15) is 0 Å². The van der Waals surface area contributed by atoms with Gasteiger partial charge in [-0.3, -0.25) is 4.98 Å². The molecule has 0 amide bonds. The van der Waals surface area contributed by atoms with Crippen LogP contribution < -0.4 is 0 Å². The van der Waals surface area contributed by atoms with E-state index in [9.17, 15) is 0 Å². The number of rotatable bonds is 0. The molecule has 1 nitrogen and oxygen atoms in total. The molecule has 0 fully saturated rings. The number of fused-ring (bicyclic) bond motifs is 3. The SMILES string of the molecule is c1ccc2c3ccnc-3csc2c1. The van der Waals surface area contributed by atoms with E-state index >= 15 is 0 Å². The van der Waals surface area contributed by atoms with E-state index in [2.05, 4.69) is 40.7 Å². The normalized spacial score (nSPS) is 11.1. The minimum Gasteiger partial charge on any atom is -0.255 e. The molecule has 0 aliphatic carbocycles. The lowest BCUT2D eigenvalue weighted by molar-refractivity contribution is 1.43. The lowest BCUT2D eigenvalue weighted by atomic mass is 10.1. The van der Waals surface area contributed by atoms with E-state index in [1.807, 2.05) is 6.20 Å². The highest BCUT2D eigenvalue weighted by Gasteiger charge is 2.06. The van der Waals surface area contributed by atoms with Gasteiger partial charge >= 0.3 is 0 Å². The van der Waals surface area contributed by atoms with Gasteiger partial charge in [0, 0.05) is 27.2 Å². The number of nitrogens with zero attached hydrogens (tertiary/aromatic N) is 1. The van der Waals surface area contributed by atoms with E-state index in [0.29, 0.717) is 0 Å². The molecule has 13 heavy (non-hydrogen) atoms. The van der Waals surface area contributed by atoms with Crippen molar-refractivity contribution in [2.45, 2.75) is 0 Å². The zero-order valence-corrected chi connectivity index (χ0v) is 7.71. The molecule has 0 radical (unpaired) electrons. The highest BCUT2D eigenvalue weighted by Crippen LogP contribution is 2.32. The monoisotopic (exact) mass is 185 g/mol. The van der Waals surface area contributed by atoms with Crippen LogP contribution in [0.4, 0.5) is 0 Å². The predicted octanol–water partition coefficient (Wildman–Crippen LogP) is 3.40. The quantitative estimate of drug-likeness (QED) is 0.523. The maximum absolute atomic E-state index is 4.28. The molecule has 2 aliphatic heterocycles. The molecule has 2 heterocycles. The molecule has 2 aliphatic rings. The summed E-state index contributed by atoms with van der Waals surface area (Å²) < 4.78 is 1.32. The smallest absolute Gasteiger partial charge is 0.0808 e. The van der Waals surface area contributed by atoms with Gasteiger partial charge in [-0.05, 0) is 12.1 Å². The van der Waals surface area contributed by atoms with Crippen LogP contribution in [0.5, 0.6) is 0 Å². The molecule has 1 aromatic carbocycles. The number of benzene rings is 1. The molecule has 1 aromatic rings. The van der Waals surface area contributed by atoms with Gasteiger partial charge in [0.25, 0.3) is 0 Å². The minimum atomic E-state index is 1.10. The maximum Gasteiger partial charge on any atom is 0.0808 e. The van der Waals surface area contributed by atoms with E-state index in [1.54, 1.807) is 11.3 Å². The summed E-state index contributed by atoms with van der Waals surface area (Å²) in [5.74, 6) is 0. The fourth-order valence-corrected chi connectivity index (χ4v) is 2.47. The summed E-state index contributed by atoms with van der Waals surface area (Å²) in [7, 11) is 0. The first-order chi connectivity index (χ1) is 6.45. The van der Waals surface area contributed by atoms with Crippen molar-refractivity contribution in [3.8, 4) is 11.3 Å². The Hall–Kier alpha value is -1.41. The Morgan fingerprint density at radius 1 is 1.08 bits per heavy atom. The zero-order chi connectivity index (χ0) is 8.67. The fourth-order valence-electron chi connectivity index (χ4n) is 1.58. The molecule has 0 bridgehead atoms. The van der Waals surface area contributed by atoms with Crippen LogP contribution in [-0.2, 0) is 0 Å². The molecule has 0 aromatic heterocycles. The van der Waals surface area contributed by atoms with Gasteiger partial charge in [0.2, 0.25) is 0 Å². The van der Waals surface area contributed by atoms with E-state index in [1.165, 1.54) is 15.6 Å². The second kappa shape index (κ2) is 2.54. The van der Waals surface area contributed by atoms with Gasteiger partial charge < -0.3 is 0 Å². The van der Waals surface area contributed by atoms with E-state index < -0.39 is 0 Å². The van der Waals surface area contributed by atoms with Gasteiger partial charge in [-0.2, -0.15) is 0 Å². The molecule has 0 spiro atoms. The second-order valence-electron chi connectivity index (χ2n) is 2.98. The number of hydrogen-bond acceptors (Lipinski definition) is 2. The largest absolute Gasteiger partial charge is 0.255 e. The lowest BCUT2D eigenvalue weighted by Crippen LogP contribution is -1.76. The van der Waals surface area contributed by atoms with E-state index in [4.69, 9.17) is 0 Å². The van der Waals surface area contributed by atoms with Crippen LogP contribution in [-0.4, -0.2) is 4.98 Å². The Labute approximate surface area is 80.0 Å². The van der Waals surface area contributed by atoms with Crippen LogP contribution >= 0.6 is 11.3 Å². The molecule has 0 saturated heterocycles. The van der Waals surface area contributed by atoms with Crippen LogP contribution in [0, 0.1) is 0 Å². The first kappa shape index (κ1) is 7.04. The minimum absolute atomic E-state index is 1.10. The first-order valence-electron chi connectivity index (χ1n) is 4.16. The Bertz CT molecular complexity index is 527. The van der Waals surface area contributed by atoms with Crippen molar-refractivity contribution in [2.75, 3.05) is 0 Å². The Kier molecular flexibility index (Phi) is 1.37. The van der Waals surface area contributed by atoms with Crippen LogP contribution in [0.3, 0.4) is 0 Å². The van der Waals surface area contributed by atoms with Crippen molar-refractivity contribution in [3.63, 3.8) is 0 Å². The van der Waals surface area contributed by atoms with Crippen molar-refractivity contribution < 1.29 is 0 Å². The topological polar surface area (TPSA) is 12.9 Å². The average Bonchev–Trinajstić information content (AvgIpc) is 2.65. The summed E-state index contributed by atoms with van der Waals surface area (Å²) >= 11 is 1.75. The lowest BCUT2D eigenvalue weighted by Gasteiger charge is -2.01. The zero-order valence-electron chi connectivity index (χ0n) is 6.90. The second-order valence-corrected chi connectivity index (χ2v) is 3.89. The summed E-state index contributed by atoms with van der Waals surface area (Å²) in [5.41, 5.74) is 2.36. The Morgan fingerprint density at radius 2 is 2.00 bits per heavy atom. The molecule has 3 rings (SSSR count). The van der Waals surface area contributed by atoms with Crippen molar-refractivity contribution in [1.82, 2.24) is 4.98 Å². The number of aromatic nitrogens is 1. The van der Waals surface area contributed by atoms with Gasteiger partial charge in [-0.1, -0.05) is 18.2 Å². The van der Waals surface area contributed by atoms with E-state index in [0.717, 1.165) is 5.69 Å². The summed E-state index contributed by atoms with van der Waals surface area (Å²) in [6.45, 7) is 0. The third kappa shape index (κ3) is 0.956. The number of hydrogen-bond donors (Lipinski definition) is 0. The van der Waals surface area contributed by atoms with Crippen molar-refractivity contribution in [3.05, 3.63) is 41.9 Å². The van der Waals surface area contributed by atoms with Crippen LogP contribution in [0.15, 0.2) is 41.9 Å². The summed E-state index contributed by atoms with van der Waals surface area (Å²) in [6.07, 6.45) is 1.86. The molecule has 0 atom stereocenters. The molecule has 0 saturated carbocycles. The molecule has 2 heteroatoms. The van der Waals surface area contributed by atoms with Crippen molar-refractivity contribution in [1.29, 1.82) is 0 Å². The van der Waals surface area contributed by atoms with Crippen molar-refractivity contribution in [2.24, 2.45) is 0 Å². The van der Waals surface area contributed by atoms with Gasteiger partial charge in [-0.25, -0.2) is 0 Å².